The lowest BCUT2D eigenvalue weighted by Crippen LogP contribution is -2.26. The van der Waals surface area contributed by atoms with Gasteiger partial charge in [0.2, 0.25) is 0 Å². The standard InChI is InChI=1S/C13H21NO2/c1-4-15-13(16-5-2)10-14-12-8-6-7-11(3)9-12/h6-9,13-14H,4-5,10H2,1-3H3. The maximum Gasteiger partial charge on any atom is 0.174 e. The fourth-order valence-electron chi connectivity index (χ4n) is 1.49. The van der Waals surface area contributed by atoms with Gasteiger partial charge in [-0.2, -0.15) is 0 Å². The first-order valence-electron chi connectivity index (χ1n) is 5.80. The van der Waals surface area contributed by atoms with Crippen molar-refractivity contribution in [2.24, 2.45) is 0 Å². The van der Waals surface area contributed by atoms with E-state index in [4.69, 9.17) is 9.47 Å². The Labute approximate surface area is 97.8 Å². The Morgan fingerprint density at radius 1 is 1.19 bits per heavy atom. The molecule has 1 aromatic carbocycles. The quantitative estimate of drug-likeness (QED) is 0.721. The van der Waals surface area contributed by atoms with Crippen molar-refractivity contribution in [1.82, 2.24) is 0 Å². The first kappa shape index (κ1) is 13.0. The van der Waals surface area contributed by atoms with E-state index in [0.29, 0.717) is 19.8 Å². The molecule has 0 aromatic heterocycles. The van der Waals surface area contributed by atoms with Crippen molar-refractivity contribution in [3.63, 3.8) is 0 Å². The van der Waals surface area contributed by atoms with E-state index < -0.39 is 0 Å². The van der Waals surface area contributed by atoms with Crippen LogP contribution in [0.3, 0.4) is 0 Å². The van der Waals surface area contributed by atoms with Gasteiger partial charge in [0, 0.05) is 18.9 Å². The van der Waals surface area contributed by atoms with Gasteiger partial charge < -0.3 is 14.8 Å². The van der Waals surface area contributed by atoms with Crippen LogP contribution in [0, 0.1) is 6.92 Å². The molecule has 16 heavy (non-hydrogen) atoms. The summed E-state index contributed by atoms with van der Waals surface area (Å²) in [6, 6.07) is 8.26. The van der Waals surface area contributed by atoms with Crippen molar-refractivity contribution in [3.8, 4) is 0 Å². The zero-order chi connectivity index (χ0) is 11.8. The van der Waals surface area contributed by atoms with Crippen LogP contribution in [-0.2, 0) is 9.47 Å². The molecule has 0 bridgehead atoms. The molecule has 3 nitrogen and oxygen atoms in total. The maximum atomic E-state index is 5.45. The third-order valence-corrected chi connectivity index (χ3v) is 2.20. The Morgan fingerprint density at radius 3 is 2.44 bits per heavy atom. The number of aryl methyl sites for hydroxylation is 1. The van der Waals surface area contributed by atoms with E-state index in [1.165, 1.54) is 5.56 Å². The van der Waals surface area contributed by atoms with Crippen molar-refractivity contribution < 1.29 is 9.47 Å². The minimum atomic E-state index is -0.171. The fourth-order valence-corrected chi connectivity index (χ4v) is 1.49. The summed E-state index contributed by atoms with van der Waals surface area (Å²) >= 11 is 0. The maximum absolute atomic E-state index is 5.45. The van der Waals surface area contributed by atoms with Crippen LogP contribution in [-0.4, -0.2) is 26.0 Å². The Balaban J connectivity index is 2.41. The topological polar surface area (TPSA) is 30.5 Å². The second kappa shape index (κ2) is 7.25. The molecule has 0 atom stereocenters. The molecule has 0 spiro atoms. The summed E-state index contributed by atoms with van der Waals surface area (Å²) in [6.07, 6.45) is -0.171. The molecule has 3 heteroatoms. The summed E-state index contributed by atoms with van der Waals surface area (Å²) < 4.78 is 10.9. The Hall–Kier alpha value is -1.06. The zero-order valence-electron chi connectivity index (χ0n) is 10.3. The predicted molar refractivity (Wildman–Crippen MR) is 66.7 cm³/mol. The normalized spacial score (nSPS) is 10.8. The summed E-state index contributed by atoms with van der Waals surface area (Å²) in [7, 11) is 0. The number of anilines is 1. The van der Waals surface area contributed by atoms with E-state index in [9.17, 15) is 0 Å². The smallest absolute Gasteiger partial charge is 0.174 e. The second-order valence-corrected chi connectivity index (χ2v) is 3.59. The zero-order valence-corrected chi connectivity index (χ0v) is 10.3. The molecule has 1 N–H and O–H groups in total. The summed E-state index contributed by atoms with van der Waals surface area (Å²) in [6.45, 7) is 8.02. The lowest BCUT2D eigenvalue weighted by atomic mass is 10.2. The predicted octanol–water partition coefficient (Wildman–Crippen LogP) is 2.81. The summed E-state index contributed by atoms with van der Waals surface area (Å²) in [5.74, 6) is 0. The number of rotatable bonds is 7. The van der Waals surface area contributed by atoms with Crippen LogP contribution in [0.2, 0.25) is 0 Å². The highest BCUT2D eigenvalue weighted by Gasteiger charge is 2.06. The molecule has 0 aliphatic rings. The minimum Gasteiger partial charge on any atom is -0.380 e. The molecule has 0 radical (unpaired) electrons. The molecule has 0 saturated heterocycles. The van der Waals surface area contributed by atoms with Crippen LogP contribution in [0.4, 0.5) is 5.69 Å². The van der Waals surface area contributed by atoms with Gasteiger partial charge in [0.25, 0.3) is 0 Å². The molecular formula is C13H21NO2. The SMILES string of the molecule is CCOC(CNc1cccc(C)c1)OCC. The Bertz CT molecular complexity index is 296. The number of hydrogen-bond donors (Lipinski definition) is 1. The summed E-state index contributed by atoms with van der Waals surface area (Å²) in [4.78, 5) is 0. The van der Waals surface area contributed by atoms with Gasteiger partial charge >= 0.3 is 0 Å². The van der Waals surface area contributed by atoms with Crippen molar-refractivity contribution in [2.45, 2.75) is 27.1 Å². The largest absolute Gasteiger partial charge is 0.380 e. The van der Waals surface area contributed by atoms with E-state index in [0.717, 1.165) is 5.69 Å². The lowest BCUT2D eigenvalue weighted by molar-refractivity contribution is -0.126. The molecular weight excluding hydrogens is 202 g/mol. The fraction of sp³-hybridized carbons (Fsp3) is 0.538. The van der Waals surface area contributed by atoms with Gasteiger partial charge in [0.05, 0.1) is 6.54 Å². The highest BCUT2D eigenvalue weighted by molar-refractivity contribution is 5.45. The molecule has 0 aliphatic heterocycles. The summed E-state index contributed by atoms with van der Waals surface area (Å²) in [5.41, 5.74) is 2.35. The van der Waals surface area contributed by atoms with Crippen LogP contribution in [0.5, 0.6) is 0 Å². The van der Waals surface area contributed by atoms with Gasteiger partial charge in [-0.1, -0.05) is 12.1 Å². The molecule has 0 unspecified atom stereocenters. The monoisotopic (exact) mass is 223 g/mol. The van der Waals surface area contributed by atoms with Gasteiger partial charge in [0.15, 0.2) is 6.29 Å². The minimum absolute atomic E-state index is 0.171. The van der Waals surface area contributed by atoms with E-state index >= 15 is 0 Å². The van der Waals surface area contributed by atoms with Gasteiger partial charge in [-0.3, -0.25) is 0 Å². The Morgan fingerprint density at radius 2 is 1.88 bits per heavy atom. The van der Waals surface area contributed by atoms with Crippen molar-refractivity contribution in [3.05, 3.63) is 29.8 Å². The van der Waals surface area contributed by atoms with E-state index in [1.54, 1.807) is 0 Å². The molecule has 1 aromatic rings. The van der Waals surface area contributed by atoms with E-state index in [2.05, 4.69) is 24.4 Å². The van der Waals surface area contributed by atoms with Crippen molar-refractivity contribution in [1.29, 1.82) is 0 Å². The van der Waals surface area contributed by atoms with E-state index in [1.807, 2.05) is 26.0 Å². The van der Waals surface area contributed by atoms with Crippen molar-refractivity contribution >= 4 is 5.69 Å². The van der Waals surface area contributed by atoms with Crippen LogP contribution >= 0.6 is 0 Å². The number of ether oxygens (including phenoxy) is 2. The first-order valence-corrected chi connectivity index (χ1v) is 5.80. The van der Waals surface area contributed by atoms with Gasteiger partial charge in [-0.15, -0.1) is 0 Å². The molecule has 1 rings (SSSR count). The molecule has 0 saturated carbocycles. The van der Waals surface area contributed by atoms with Gasteiger partial charge in [-0.05, 0) is 38.5 Å². The van der Waals surface area contributed by atoms with Crippen LogP contribution < -0.4 is 5.32 Å². The van der Waals surface area contributed by atoms with Crippen LogP contribution in [0.1, 0.15) is 19.4 Å². The average molecular weight is 223 g/mol. The third kappa shape index (κ3) is 4.64. The number of hydrogen-bond acceptors (Lipinski definition) is 3. The molecule has 0 heterocycles. The highest BCUT2D eigenvalue weighted by atomic mass is 16.7. The molecule has 0 aliphatic carbocycles. The van der Waals surface area contributed by atoms with Gasteiger partial charge in [0.1, 0.15) is 0 Å². The van der Waals surface area contributed by atoms with Crippen LogP contribution in [0.15, 0.2) is 24.3 Å². The van der Waals surface area contributed by atoms with Crippen molar-refractivity contribution in [2.75, 3.05) is 25.1 Å². The molecule has 90 valence electrons. The number of benzene rings is 1. The summed E-state index contributed by atoms with van der Waals surface area (Å²) in [5, 5.41) is 3.31. The average Bonchev–Trinajstić information content (AvgIpc) is 2.27. The highest BCUT2D eigenvalue weighted by Crippen LogP contribution is 2.09. The first-order chi connectivity index (χ1) is 7.76. The van der Waals surface area contributed by atoms with E-state index in [-0.39, 0.29) is 6.29 Å². The third-order valence-electron chi connectivity index (χ3n) is 2.20. The second-order valence-electron chi connectivity index (χ2n) is 3.59. The lowest BCUT2D eigenvalue weighted by Gasteiger charge is -2.18. The molecule has 0 fully saturated rings. The van der Waals surface area contributed by atoms with Crippen LogP contribution in [0.25, 0.3) is 0 Å². The Kier molecular flexibility index (Phi) is 5.90. The molecule has 0 amide bonds. The van der Waals surface area contributed by atoms with Gasteiger partial charge in [-0.25, -0.2) is 0 Å². The number of nitrogens with one attached hydrogen (secondary N) is 1.